The number of methoxy groups -OCH3 is 1. The number of urea groups is 1. The average molecular weight is 981 g/mol. The van der Waals surface area contributed by atoms with E-state index in [0.717, 1.165) is 47.5 Å². The van der Waals surface area contributed by atoms with Gasteiger partial charge in [-0.2, -0.15) is 5.10 Å². The summed E-state index contributed by atoms with van der Waals surface area (Å²) in [5.41, 5.74) is 5.75. The number of likely N-dealkylation sites (tertiary alicyclic amines) is 1. The minimum absolute atomic E-state index is 0.00845. The number of carbonyl (C=O) groups excluding carboxylic acids is 4. The Labute approximate surface area is 403 Å². The molecule has 4 aromatic heterocycles. The summed E-state index contributed by atoms with van der Waals surface area (Å²) in [5, 5.41) is 30.1. The number of ether oxygens (including phenoxy) is 2. The molecule has 0 bridgehead atoms. The van der Waals surface area contributed by atoms with Crippen molar-refractivity contribution in [3.63, 3.8) is 0 Å². The summed E-state index contributed by atoms with van der Waals surface area (Å²) in [5.74, 6) is -0.800. The Balaban J connectivity index is 0.887. The van der Waals surface area contributed by atoms with E-state index in [0.29, 0.717) is 35.0 Å². The van der Waals surface area contributed by atoms with Crippen LogP contribution in [0.1, 0.15) is 89.3 Å². The molecule has 0 aliphatic carbocycles. The molecule has 5 amide bonds. The molecule has 4 atom stereocenters. The Morgan fingerprint density at radius 2 is 1.72 bits per heavy atom. The number of thiazole rings is 1. The number of aliphatic hydroxyl groups is 1. The number of hydrogen-bond donors (Lipinski definition) is 6. The predicted molar refractivity (Wildman–Crippen MR) is 258 cm³/mol. The lowest BCUT2D eigenvalue weighted by Crippen LogP contribution is -2.57. The summed E-state index contributed by atoms with van der Waals surface area (Å²) in [7, 11) is 1.54. The predicted octanol–water partition coefficient (Wildman–Crippen LogP) is 6.94. The number of unbranched alkanes of at least 4 members (excludes halogenated alkanes) is 3. The van der Waals surface area contributed by atoms with Crippen LogP contribution < -0.4 is 31.3 Å². The van der Waals surface area contributed by atoms with Gasteiger partial charge in [-0.1, -0.05) is 81.1 Å². The molecule has 0 spiro atoms. The van der Waals surface area contributed by atoms with Crippen LogP contribution in [0, 0.1) is 12.3 Å². The van der Waals surface area contributed by atoms with E-state index in [1.807, 2.05) is 64.4 Å². The molecule has 0 saturated carbocycles. The fraction of sp³-hybridized carbons (Fsp3) is 0.478. The second-order valence-electron chi connectivity index (χ2n) is 17.5. The molecule has 1 aliphatic heterocycles. The number of rotatable bonds is 21. The van der Waals surface area contributed by atoms with Crippen molar-refractivity contribution >= 4 is 75.3 Å². The number of halogens is 2. The molecule has 0 radical (unpaired) electrons. The number of benzene rings is 1. The number of aryl methyl sites for hydroxylation is 1. The topological polar surface area (TPSA) is 226 Å². The highest BCUT2D eigenvalue weighted by Crippen LogP contribution is 2.31. The van der Waals surface area contributed by atoms with Gasteiger partial charge in [0.2, 0.25) is 23.6 Å². The minimum Gasteiger partial charge on any atom is -0.475 e. The van der Waals surface area contributed by atoms with Gasteiger partial charge in [0.25, 0.3) is 0 Å². The minimum atomic E-state index is -0.887. The standard InChI is InChI=1S/C46H59Cl2N11O7S/c1-27-40(67-26-53-27)30-14-12-29(13-15-30)22-51-42(62)35-20-32(60)25-58(35)44(63)41(46(3,4)5)56-38(61)11-9-7-8-10-16-49-17-18-66-43-33(19-31(47)23-52-43)54-45(64)55-34-24-50-37-21-36(48)57-59(37)39(34)28(2)65-6/h12-15,19,21,23-24,26,28,32,35,41,49,60H,7-11,16-18,20,22,25H2,1-6H3,(H,51,62)(H,56,61)(H2,54,55,64)/t28?,32-,35+,41-/m1/s1. The lowest BCUT2D eigenvalue weighted by Gasteiger charge is -2.35. The van der Waals surface area contributed by atoms with E-state index in [9.17, 15) is 24.3 Å². The van der Waals surface area contributed by atoms with Crippen LogP contribution in [0.2, 0.25) is 10.2 Å². The molecule has 5 aromatic rings. The Kier molecular flexibility index (Phi) is 17.9. The number of anilines is 2. The highest BCUT2D eigenvalue weighted by Gasteiger charge is 2.44. The number of carbonyl (C=O) groups is 4. The molecule has 6 N–H and O–H groups in total. The van der Waals surface area contributed by atoms with Gasteiger partial charge in [-0.15, -0.1) is 11.3 Å². The molecule has 18 nitrogen and oxygen atoms in total. The van der Waals surface area contributed by atoms with Crippen molar-refractivity contribution < 1.29 is 33.8 Å². The van der Waals surface area contributed by atoms with Crippen molar-refractivity contribution in [3.8, 4) is 16.3 Å². The van der Waals surface area contributed by atoms with Crippen molar-refractivity contribution in [3.05, 3.63) is 81.4 Å². The second-order valence-corrected chi connectivity index (χ2v) is 19.1. The van der Waals surface area contributed by atoms with Crippen molar-refractivity contribution in [1.29, 1.82) is 0 Å². The number of aromatic nitrogens is 5. The van der Waals surface area contributed by atoms with Crippen LogP contribution in [0.25, 0.3) is 16.1 Å². The number of aliphatic hydroxyl groups excluding tert-OH is 1. The first-order chi connectivity index (χ1) is 32.0. The van der Waals surface area contributed by atoms with E-state index < -0.39 is 41.6 Å². The van der Waals surface area contributed by atoms with Gasteiger partial charge in [0.05, 0.1) is 50.9 Å². The Morgan fingerprint density at radius 3 is 2.43 bits per heavy atom. The Morgan fingerprint density at radius 1 is 0.970 bits per heavy atom. The van der Waals surface area contributed by atoms with Crippen LogP contribution >= 0.6 is 34.5 Å². The summed E-state index contributed by atoms with van der Waals surface area (Å²) >= 11 is 13.9. The molecule has 1 saturated heterocycles. The summed E-state index contributed by atoms with van der Waals surface area (Å²) in [6.45, 7) is 11.1. The maximum atomic E-state index is 14.0. The van der Waals surface area contributed by atoms with Gasteiger partial charge in [-0.05, 0) is 55.8 Å². The first-order valence-corrected chi connectivity index (χ1v) is 23.8. The quantitative estimate of drug-likeness (QED) is 0.0411. The number of nitrogens with zero attached hydrogens (tertiary/aromatic N) is 6. The van der Waals surface area contributed by atoms with Gasteiger partial charge in [0.1, 0.15) is 24.4 Å². The number of hydrogen-bond acceptors (Lipinski definition) is 13. The van der Waals surface area contributed by atoms with Crippen molar-refractivity contribution in [1.82, 2.24) is 45.4 Å². The summed E-state index contributed by atoms with van der Waals surface area (Å²) in [4.78, 5) is 69.2. The number of pyridine rings is 1. The van der Waals surface area contributed by atoms with Gasteiger partial charge in [-0.25, -0.2) is 24.3 Å². The van der Waals surface area contributed by atoms with E-state index >= 15 is 0 Å². The maximum absolute atomic E-state index is 14.0. The van der Waals surface area contributed by atoms with E-state index in [4.69, 9.17) is 32.7 Å². The van der Waals surface area contributed by atoms with Crippen molar-refractivity contribution in [2.75, 3.05) is 44.0 Å². The summed E-state index contributed by atoms with van der Waals surface area (Å²) in [6, 6.07) is 8.69. The number of fused-ring (bicyclic) bond motifs is 1. The molecular weight excluding hydrogens is 922 g/mol. The molecule has 1 unspecified atom stereocenters. The van der Waals surface area contributed by atoms with Crippen LogP contribution in [-0.2, 0) is 25.7 Å². The average Bonchev–Trinajstić information content (AvgIpc) is 4.02. The van der Waals surface area contributed by atoms with Gasteiger partial charge in [0.15, 0.2) is 10.8 Å². The fourth-order valence-corrected chi connectivity index (χ4v) is 8.82. The van der Waals surface area contributed by atoms with E-state index in [-0.39, 0.29) is 61.1 Å². The monoisotopic (exact) mass is 979 g/mol. The number of nitrogens with one attached hydrogen (secondary N) is 5. The number of β-amino-alcohol motifs (C(OH)–C–C–N with tert-alkyl or cyclic N) is 1. The Bertz CT molecular complexity index is 2500. The van der Waals surface area contributed by atoms with Crippen LogP contribution in [0.3, 0.4) is 0 Å². The smallest absolute Gasteiger partial charge is 0.323 e. The zero-order valence-corrected chi connectivity index (χ0v) is 40.9. The Hall–Kier alpha value is -5.44. The zero-order chi connectivity index (χ0) is 48.3. The highest BCUT2D eigenvalue weighted by molar-refractivity contribution is 7.13. The van der Waals surface area contributed by atoms with Crippen LogP contribution in [0.5, 0.6) is 5.88 Å². The van der Waals surface area contributed by atoms with Crippen LogP contribution in [0.15, 0.2) is 54.3 Å². The lowest BCUT2D eigenvalue weighted by molar-refractivity contribution is -0.144. The lowest BCUT2D eigenvalue weighted by atomic mass is 9.85. The van der Waals surface area contributed by atoms with Gasteiger partial charge in [-0.3, -0.25) is 14.4 Å². The first kappa shape index (κ1) is 51.0. The van der Waals surface area contributed by atoms with E-state index in [2.05, 4.69) is 46.6 Å². The van der Waals surface area contributed by atoms with Crippen molar-refractivity contribution in [2.45, 2.75) is 104 Å². The molecular formula is C46H59Cl2N11O7S. The SMILES string of the molecule is COC(C)c1c(NC(=O)Nc2cc(Cl)cnc2OCCNCCCCCCC(=O)N[C@H](C(=O)N2C[C@H](O)C[C@H]2C(=O)NCc2ccc(-c3scnc3C)cc2)C(C)(C)C)cnc2cc(Cl)nn12. The molecule has 1 aromatic carbocycles. The van der Waals surface area contributed by atoms with Crippen LogP contribution in [-0.4, -0.2) is 110 Å². The molecule has 1 fully saturated rings. The third-order valence-electron chi connectivity index (χ3n) is 11.3. The normalized spacial score (nSPS) is 15.9. The van der Waals surface area contributed by atoms with Gasteiger partial charge >= 0.3 is 6.03 Å². The zero-order valence-electron chi connectivity index (χ0n) is 38.5. The second kappa shape index (κ2) is 23.5. The first-order valence-electron chi connectivity index (χ1n) is 22.2. The summed E-state index contributed by atoms with van der Waals surface area (Å²) < 4.78 is 12.9. The molecule has 67 heavy (non-hydrogen) atoms. The fourth-order valence-electron chi connectivity index (χ4n) is 7.68. The van der Waals surface area contributed by atoms with Gasteiger partial charge < -0.3 is 46.1 Å². The summed E-state index contributed by atoms with van der Waals surface area (Å²) in [6.07, 6.45) is 5.17. The molecule has 360 valence electrons. The van der Waals surface area contributed by atoms with Crippen molar-refractivity contribution in [2.24, 2.45) is 5.41 Å². The third-order valence-corrected chi connectivity index (χ3v) is 12.6. The van der Waals surface area contributed by atoms with Crippen LogP contribution in [0.4, 0.5) is 16.2 Å². The van der Waals surface area contributed by atoms with Gasteiger partial charge in [0, 0.05) is 51.8 Å². The third kappa shape index (κ3) is 13.8. The van der Waals surface area contributed by atoms with E-state index in [1.165, 1.54) is 27.9 Å². The molecule has 21 heteroatoms. The molecule has 6 rings (SSSR count). The largest absolute Gasteiger partial charge is 0.475 e. The molecule has 5 heterocycles. The van der Waals surface area contributed by atoms with E-state index in [1.54, 1.807) is 24.5 Å². The maximum Gasteiger partial charge on any atom is 0.323 e. The number of amides is 5. The molecule has 1 aliphatic rings. The highest BCUT2D eigenvalue weighted by atomic mass is 35.5.